The second-order valence-electron chi connectivity index (χ2n) is 5.15. The van der Waals surface area contributed by atoms with Crippen LogP contribution in [-0.2, 0) is 0 Å². The number of benzene rings is 2. The van der Waals surface area contributed by atoms with Crippen molar-refractivity contribution in [3.8, 4) is 5.75 Å². The molecular formula is C19H13ClN2O3S. The Balaban J connectivity index is 1.57. The summed E-state index contributed by atoms with van der Waals surface area (Å²) in [4.78, 5) is 24.4. The van der Waals surface area contributed by atoms with Crippen molar-refractivity contribution in [2.75, 3.05) is 0 Å². The standard InChI is InChI=1S/C19H13ClN2O3S/c20-15-4-1-3-14(11-15)19(24)25-16-8-6-13(7-9-16)12-21-22-18(23)17-5-2-10-26-17/h1-12H,(H,22,23)/b21-12-. The van der Waals surface area contributed by atoms with E-state index in [1.807, 2.05) is 5.38 Å². The largest absolute Gasteiger partial charge is 0.423 e. The predicted octanol–water partition coefficient (Wildman–Crippen LogP) is 4.38. The van der Waals surface area contributed by atoms with Gasteiger partial charge in [-0.15, -0.1) is 11.3 Å². The lowest BCUT2D eigenvalue weighted by Gasteiger charge is -2.05. The molecule has 0 saturated carbocycles. The van der Waals surface area contributed by atoms with Crippen molar-refractivity contribution in [2.24, 2.45) is 5.10 Å². The number of nitrogens with one attached hydrogen (secondary N) is 1. The summed E-state index contributed by atoms with van der Waals surface area (Å²) in [7, 11) is 0. The maximum Gasteiger partial charge on any atom is 0.343 e. The van der Waals surface area contributed by atoms with Crippen molar-refractivity contribution in [3.05, 3.63) is 87.1 Å². The number of rotatable bonds is 5. The fourth-order valence-electron chi connectivity index (χ4n) is 2.03. The van der Waals surface area contributed by atoms with E-state index in [1.54, 1.807) is 60.7 Å². The van der Waals surface area contributed by atoms with Crippen LogP contribution in [0.1, 0.15) is 25.6 Å². The average Bonchev–Trinajstić information content (AvgIpc) is 3.18. The van der Waals surface area contributed by atoms with E-state index in [0.29, 0.717) is 21.2 Å². The van der Waals surface area contributed by atoms with Crippen LogP contribution in [0, 0.1) is 0 Å². The first-order valence-corrected chi connectivity index (χ1v) is 8.82. The zero-order valence-electron chi connectivity index (χ0n) is 13.4. The molecule has 5 nitrogen and oxygen atoms in total. The lowest BCUT2D eigenvalue weighted by Crippen LogP contribution is -2.16. The van der Waals surface area contributed by atoms with Crippen LogP contribution >= 0.6 is 22.9 Å². The van der Waals surface area contributed by atoms with E-state index < -0.39 is 5.97 Å². The quantitative estimate of drug-likeness (QED) is 0.307. The lowest BCUT2D eigenvalue weighted by molar-refractivity contribution is 0.0734. The van der Waals surface area contributed by atoms with Crippen molar-refractivity contribution >= 4 is 41.0 Å². The Morgan fingerprint density at radius 3 is 2.58 bits per heavy atom. The van der Waals surface area contributed by atoms with E-state index in [-0.39, 0.29) is 5.91 Å². The van der Waals surface area contributed by atoms with Gasteiger partial charge in [-0.25, -0.2) is 10.2 Å². The normalized spacial score (nSPS) is 10.7. The van der Waals surface area contributed by atoms with E-state index in [4.69, 9.17) is 16.3 Å². The van der Waals surface area contributed by atoms with Gasteiger partial charge in [0.1, 0.15) is 5.75 Å². The van der Waals surface area contributed by atoms with Crippen LogP contribution in [0.2, 0.25) is 5.02 Å². The second kappa shape index (κ2) is 8.42. The van der Waals surface area contributed by atoms with Gasteiger partial charge in [0.2, 0.25) is 0 Å². The van der Waals surface area contributed by atoms with E-state index in [2.05, 4.69) is 10.5 Å². The molecule has 3 rings (SSSR count). The third-order valence-electron chi connectivity index (χ3n) is 3.28. The number of ether oxygens (including phenoxy) is 1. The lowest BCUT2D eigenvalue weighted by atomic mass is 10.2. The van der Waals surface area contributed by atoms with Crippen LogP contribution in [-0.4, -0.2) is 18.1 Å². The molecule has 0 aliphatic heterocycles. The topological polar surface area (TPSA) is 67.8 Å². The minimum atomic E-state index is -0.489. The molecule has 0 bridgehead atoms. The highest BCUT2D eigenvalue weighted by Crippen LogP contribution is 2.16. The molecule has 0 aliphatic carbocycles. The molecule has 130 valence electrons. The van der Waals surface area contributed by atoms with Crippen LogP contribution in [0.4, 0.5) is 0 Å². The number of hydrazone groups is 1. The maximum atomic E-state index is 12.1. The summed E-state index contributed by atoms with van der Waals surface area (Å²) >= 11 is 7.21. The smallest absolute Gasteiger partial charge is 0.343 e. The SMILES string of the molecule is O=C(Oc1ccc(/C=N\NC(=O)c2cccs2)cc1)c1cccc(Cl)c1. The molecule has 2 aromatic carbocycles. The monoisotopic (exact) mass is 384 g/mol. The molecule has 0 unspecified atom stereocenters. The number of thiophene rings is 1. The Morgan fingerprint density at radius 2 is 1.88 bits per heavy atom. The summed E-state index contributed by atoms with van der Waals surface area (Å²) in [6.45, 7) is 0. The zero-order chi connectivity index (χ0) is 18.4. The summed E-state index contributed by atoms with van der Waals surface area (Å²) in [5, 5.41) is 6.19. The summed E-state index contributed by atoms with van der Waals surface area (Å²) in [6, 6.07) is 16.8. The fourth-order valence-corrected chi connectivity index (χ4v) is 2.84. The first-order chi connectivity index (χ1) is 12.6. The van der Waals surface area contributed by atoms with Gasteiger partial charge in [0.15, 0.2) is 0 Å². The first kappa shape index (κ1) is 17.8. The van der Waals surface area contributed by atoms with Gasteiger partial charge in [-0.2, -0.15) is 5.10 Å². The molecule has 26 heavy (non-hydrogen) atoms. The zero-order valence-corrected chi connectivity index (χ0v) is 15.0. The number of carbonyl (C=O) groups excluding carboxylic acids is 2. The molecule has 3 aromatic rings. The Hall–Kier alpha value is -2.96. The molecule has 1 amide bonds. The Labute approximate surface area is 158 Å². The van der Waals surface area contributed by atoms with Crippen molar-refractivity contribution in [1.82, 2.24) is 5.43 Å². The highest BCUT2D eigenvalue weighted by molar-refractivity contribution is 7.12. The molecular weight excluding hydrogens is 372 g/mol. The Bertz CT molecular complexity index is 938. The average molecular weight is 385 g/mol. The molecule has 0 spiro atoms. The van der Waals surface area contributed by atoms with Gasteiger partial charge in [-0.3, -0.25) is 4.79 Å². The number of carbonyl (C=O) groups is 2. The van der Waals surface area contributed by atoms with E-state index in [1.165, 1.54) is 17.6 Å². The second-order valence-corrected chi connectivity index (χ2v) is 6.53. The summed E-state index contributed by atoms with van der Waals surface area (Å²) in [5.41, 5.74) is 3.57. The van der Waals surface area contributed by atoms with Gasteiger partial charge >= 0.3 is 5.97 Å². The van der Waals surface area contributed by atoms with Gasteiger partial charge in [-0.05, 0) is 59.5 Å². The molecule has 0 atom stereocenters. The number of hydrogen-bond acceptors (Lipinski definition) is 5. The summed E-state index contributed by atoms with van der Waals surface area (Å²) in [5.74, 6) is -0.352. The third kappa shape index (κ3) is 4.78. The molecule has 0 saturated heterocycles. The number of nitrogens with zero attached hydrogens (tertiary/aromatic N) is 1. The maximum absolute atomic E-state index is 12.1. The van der Waals surface area contributed by atoms with Crippen LogP contribution in [0.15, 0.2) is 71.1 Å². The van der Waals surface area contributed by atoms with Gasteiger partial charge < -0.3 is 4.74 Å². The summed E-state index contributed by atoms with van der Waals surface area (Å²) in [6.07, 6.45) is 1.51. The van der Waals surface area contributed by atoms with Gasteiger partial charge in [0.05, 0.1) is 16.7 Å². The molecule has 0 aliphatic rings. The van der Waals surface area contributed by atoms with Crippen LogP contribution in [0.3, 0.4) is 0 Å². The number of halogens is 1. The van der Waals surface area contributed by atoms with Crippen LogP contribution in [0.25, 0.3) is 0 Å². The minimum Gasteiger partial charge on any atom is -0.423 e. The number of hydrogen-bond donors (Lipinski definition) is 1. The Kier molecular flexibility index (Phi) is 5.78. The van der Waals surface area contributed by atoms with Gasteiger partial charge in [0, 0.05) is 5.02 Å². The van der Waals surface area contributed by atoms with Gasteiger partial charge in [-0.1, -0.05) is 23.7 Å². The first-order valence-electron chi connectivity index (χ1n) is 7.56. The fraction of sp³-hybridized carbons (Fsp3) is 0. The molecule has 1 N–H and O–H groups in total. The molecule has 0 radical (unpaired) electrons. The third-order valence-corrected chi connectivity index (χ3v) is 4.38. The van der Waals surface area contributed by atoms with E-state index in [9.17, 15) is 9.59 Å². The van der Waals surface area contributed by atoms with Crippen molar-refractivity contribution < 1.29 is 14.3 Å². The van der Waals surface area contributed by atoms with E-state index >= 15 is 0 Å². The van der Waals surface area contributed by atoms with Gasteiger partial charge in [0.25, 0.3) is 5.91 Å². The van der Waals surface area contributed by atoms with Crippen LogP contribution in [0.5, 0.6) is 5.75 Å². The number of amides is 1. The number of esters is 1. The minimum absolute atomic E-state index is 0.261. The van der Waals surface area contributed by atoms with Crippen molar-refractivity contribution in [3.63, 3.8) is 0 Å². The molecule has 7 heteroatoms. The molecule has 0 fully saturated rings. The molecule has 1 heterocycles. The van der Waals surface area contributed by atoms with Crippen LogP contribution < -0.4 is 10.2 Å². The van der Waals surface area contributed by atoms with E-state index in [0.717, 1.165) is 5.56 Å². The highest BCUT2D eigenvalue weighted by atomic mass is 35.5. The Morgan fingerprint density at radius 1 is 1.08 bits per heavy atom. The highest BCUT2D eigenvalue weighted by Gasteiger charge is 2.09. The van der Waals surface area contributed by atoms with Crippen molar-refractivity contribution in [2.45, 2.75) is 0 Å². The molecule has 1 aromatic heterocycles. The van der Waals surface area contributed by atoms with Crippen molar-refractivity contribution in [1.29, 1.82) is 0 Å². The predicted molar refractivity (Wildman–Crippen MR) is 102 cm³/mol. The summed E-state index contributed by atoms with van der Waals surface area (Å²) < 4.78 is 5.29.